The molecule has 6 heteroatoms. The number of hydrogen-bond acceptors (Lipinski definition) is 5. The van der Waals surface area contributed by atoms with Crippen molar-refractivity contribution in [3.8, 4) is 0 Å². The van der Waals surface area contributed by atoms with Crippen molar-refractivity contribution in [3.63, 3.8) is 0 Å². The summed E-state index contributed by atoms with van der Waals surface area (Å²) in [6.45, 7) is 12.0. The Labute approximate surface area is 144 Å². The zero-order valence-electron chi connectivity index (χ0n) is 16.0. The Morgan fingerprint density at radius 3 is 1.50 bits per heavy atom. The third-order valence-corrected chi connectivity index (χ3v) is 3.27. The smallest absolute Gasteiger partial charge is 0.323 e. The van der Waals surface area contributed by atoms with Gasteiger partial charge in [0.05, 0.1) is 0 Å². The van der Waals surface area contributed by atoms with E-state index in [-0.39, 0.29) is 12.8 Å². The first kappa shape index (κ1) is 22.4. The van der Waals surface area contributed by atoms with Crippen LogP contribution >= 0.6 is 0 Å². The summed E-state index contributed by atoms with van der Waals surface area (Å²) in [6.07, 6.45) is 2.01. The standard InChI is InChI=1S/C18H32O6/c1-16(2,3)23-14(21)18(7,15(22)24-17(4,5)6)12-10-8-9-11-13(19)20/h8-12H2,1-7H3,(H,19,20). The molecule has 0 unspecified atom stereocenters. The van der Waals surface area contributed by atoms with E-state index in [4.69, 9.17) is 14.6 Å². The molecule has 0 aromatic rings. The van der Waals surface area contributed by atoms with Gasteiger partial charge in [-0.2, -0.15) is 0 Å². The van der Waals surface area contributed by atoms with Crippen LogP contribution < -0.4 is 0 Å². The Morgan fingerprint density at radius 1 is 0.750 bits per heavy atom. The molecule has 0 fully saturated rings. The van der Waals surface area contributed by atoms with E-state index in [2.05, 4.69) is 0 Å². The number of carbonyl (C=O) groups excluding carboxylic acids is 2. The molecule has 140 valence electrons. The molecule has 0 bridgehead atoms. The number of carboxylic acid groups (broad SMARTS) is 1. The van der Waals surface area contributed by atoms with Gasteiger partial charge in [0.2, 0.25) is 0 Å². The van der Waals surface area contributed by atoms with Gasteiger partial charge in [0, 0.05) is 6.42 Å². The molecule has 0 amide bonds. The van der Waals surface area contributed by atoms with Gasteiger partial charge < -0.3 is 14.6 Å². The molecule has 0 saturated heterocycles. The molecule has 0 spiro atoms. The van der Waals surface area contributed by atoms with E-state index in [1.807, 2.05) is 0 Å². The molecule has 0 aromatic carbocycles. The monoisotopic (exact) mass is 344 g/mol. The SMILES string of the molecule is CC(C)(C)OC(=O)C(C)(CCCCCC(=O)O)C(=O)OC(C)(C)C. The number of carbonyl (C=O) groups is 3. The maximum absolute atomic E-state index is 12.6. The number of hydrogen-bond donors (Lipinski definition) is 1. The molecule has 0 saturated carbocycles. The van der Waals surface area contributed by atoms with Gasteiger partial charge in [0.1, 0.15) is 11.2 Å². The minimum atomic E-state index is -1.40. The Hall–Kier alpha value is -1.59. The molecule has 1 N–H and O–H groups in total. The highest BCUT2D eigenvalue weighted by Gasteiger charge is 2.46. The molecule has 6 nitrogen and oxygen atoms in total. The first-order valence-corrected chi connectivity index (χ1v) is 8.36. The summed E-state index contributed by atoms with van der Waals surface area (Å²) >= 11 is 0. The number of esters is 2. The number of ether oxygens (including phenoxy) is 2. The van der Waals surface area contributed by atoms with Crippen molar-refractivity contribution in [2.75, 3.05) is 0 Å². The molecule has 24 heavy (non-hydrogen) atoms. The number of rotatable bonds is 8. The minimum Gasteiger partial charge on any atom is -0.481 e. The van der Waals surface area contributed by atoms with E-state index < -0.39 is 34.5 Å². The van der Waals surface area contributed by atoms with Crippen LogP contribution in [0.15, 0.2) is 0 Å². The molecule has 0 radical (unpaired) electrons. The summed E-state index contributed by atoms with van der Waals surface area (Å²) in [5, 5.41) is 8.66. The number of aliphatic carboxylic acids is 1. The zero-order chi connectivity index (χ0) is 19.2. The predicted molar refractivity (Wildman–Crippen MR) is 90.5 cm³/mol. The summed E-state index contributed by atoms with van der Waals surface area (Å²) in [7, 11) is 0. The van der Waals surface area contributed by atoms with Gasteiger partial charge in [0.25, 0.3) is 0 Å². The fourth-order valence-corrected chi connectivity index (χ4v) is 2.00. The first-order chi connectivity index (χ1) is 10.7. The topological polar surface area (TPSA) is 89.9 Å². The minimum absolute atomic E-state index is 0.0790. The Balaban J connectivity index is 5.03. The average molecular weight is 344 g/mol. The summed E-state index contributed by atoms with van der Waals surface area (Å²) in [5.74, 6) is -2.07. The highest BCUT2D eigenvalue weighted by Crippen LogP contribution is 2.32. The van der Waals surface area contributed by atoms with Crippen LogP contribution in [-0.4, -0.2) is 34.2 Å². The van der Waals surface area contributed by atoms with Crippen LogP contribution in [0.25, 0.3) is 0 Å². The summed E-state index contributed by atoms with van der Waals surface area (Å²) in [6, 6.07) is 0. The van der Waals surface area contributed by atoms with Crippen LogP contribution in [0.3, 0.4) is 0 Å². The quantitative estimate of drug-likeness (QED) is 0.410. The van der Waals surface area contributed by atoms with Crippen LogP contribution in [0.4, 0.5) is 0 Å². The molecule has 0 rings (SSSR count). The molecule has 0 aliphatic carbocycles. The van der Waals surface area contributed by atoms with Crippen LogP contribution in [0.1, 0.15) is 80.6 Å². The number of carboxylic acids is 1. The summed E-state index contributed by atoms with van der Waals surface area (Å²) in [4.78, 5) is 35.7. The second-order valence-electron chi connectivity index (χ2n) is 8.29. The van der Waals surface area contributed by atoms with Gasteiger partial charge in [-0.15, -0.1) is 0 Å². The van der Waals surface area contributed by atoms with Crippen molar-refractivity contribution in [3.05, 3.63) is 0 Å². The van der Waals surface area contributed by atoms with Crippen molar-refractivity contribution in [1.82, 2.24) is 0 Å². The van der Waals surface area contributed by atoms with Crippen molar-refractivity contribution in [1.29, 1.82) is 0 Å². The summed E-state index contributed by atoms with van der Waals surface area (Å²) < 4.78 is 10.8. The third-order valence-electron chi connectivity index (χ3n) is 3.27. The molecule has 0 heterocycles. The Bertz CT molecular complexity index is 425. The lowest BCUT2D eigenvalue weighted by molar-refractivity contribution is -0.184. The van der Waals surface area contributed by atoms with Crippen LogP contribution in [0.5, 0.6) is 0 Å². The van der Waals surface area contributed by atoms with Crippen molar-refractivity contribution in [2.24, 2.45) is 5.41 Å². The average Bonchev–Trinajstić information content (AvgIpc) is 2.33. The molecule has 0 aliphatic rings. The third kappa shape index (κ3) is 8.89. The van der Waals surface area contributed by atoms with Gasteiger partial charge in [-0.05, 0) is 61.3 Å². The van der Waals surface area contributed by atoms with Crippen LogP contribution in [0.2, 0.25) is 0 Å². The fraction of sp³-hybridized carbons (Fsp3) is 0.833. The molecule has 0 aliphatic heterocycles. The second-order valence-corrected chi connectivity index (χ2v) is 8.29. The molecular weight excluding hydrogens is 312 g/mol. The molecule has 0 aromatic heterocycles. The highest BCUT2D eigenvalue weighted by molar-refractivity contribution is 5.99. The molecule has 0 atom stereocenters. The van der Waals surface area contributed by atoms with Crippen molar-refractivity contribution in [2.45, 2.75) is 91.8 Å². The maximum atomic E-state index is 12.6. The zero-order valence-corrected chi connectivity index (χ0v) is 16.0. The van der Waals surface area contributed by atoms with E-state index in [1.165, 1.54) is 6.92 Å². The summed E-state index contributed by atoms with van der Waals surface area (Å²) in [5.41, 5.74) is -2.81. The van der Waals surface area contributed by atoms with E-state index >= 15 is 0 Å². The van der Waals surface area contributed by atoms with Crippen LogP contribution in [0, 0.1) is 5.41 Å². The van der Waals surface area contributed by atoms with Gasteiger partial charge in [0.15, 0.2) is 5.41 Å². The largest absolute Gasteiger partial charge is 0.481 e. The van der Waals surface area contributed by atoms with Gasteiger partial charge >= 0.3 is 17.9 Å². The van der Waals surface area contributed by atoms with E-state index in [0.717, 1.165) is 0 Å². The lowest BCUT2D eigenvalue weighted by atomic mass is 9.84. The fourth-order valence-electron chi connectivity index (χ4n) is 2.00. The van der Waals surface area contributed by atoms with E-state index in [1.54, 1.807) is 41.5 Å². The molecular formula is C18H32O6. The van der Waals surface area contributed by atoms with Crippen LogP contribution in [-0.2, 0) is 23.9 Å². The van der Waals surface area contributed by atoms with Crippen molar-refractivity contribution < 1.29 is 29.0 Å². The lowest BCUT2D eigenvalue weighted by Crippen LogP contribution is -2.44. The predicted octanol–water partition coefficient (Wildman–Crippen LogP) is 3.71. The highest BCUT2D eigenvalue weighted by atomic mass is 16.6. The van der Waals surface area contributed by atoms with Crippen molar-refractivity contribution >= 4 is 17.9 Å². The maximum Gasteiger partial charge on any atom is 0.323 e. The number of unbranched alkanes of at least 4 members (excludes halogenated alkanes) is 2. The second kappa shape index (κ2) is 8.49. The lowest BCUT2D eigenvalue weighted by Gasteiger charge is -2.32. The Kier molecular flexibility index (Phi) is 7.93. The van der Waals surface area contributed by atoms with Gasteiger partial charge in [-0.1, -0.05) is 12.8 Å². The van der Waals surface area contributed by atoms with Gasteiger partial charge in [-0.25, -0.2) is 0 Å². The van der Waals surface area contributed by atoms with Gasteiger partial charge in [-0.3, -0.25) is 14.4 Å². The Morgan fingerprint density at radius 2 is 1.17 bits per heavy atom. The normalized spacial score (nSPS) is 12.6. The first-order valence-electron chi connectivity index (χ1n) is 8.36. The van der Waals surface area contributed by atoms with E-state index in [9.17, 15) is 14.4 Å². The van der Waals surface area contributed by atoms with E-state index in [0.29, 0.717) is 19.3 Å².